The fourth-order valence-corrected chi connectivity index (χ4v) is 2.61. The zero-order valence-electron chi connectivity index (χ0n) is 12.7. The number of halogens is 1. The van der Waals surface area contributed by atoms with Crippen LogP contribution in [0.1, 0.15) is 31.7 Å². The Morgan fingerprint density at radius 2 is 2.10 bits per heavy atom. The van der Waals surface area contributed by atoms with Crippen molar-refractivity contribution in [3.8, 4) is 5.75 Å². The number of likely N-dealkylation sites (tertiary alicyclic amines) is 1. The molecule has 1 fully saturated rings. The van der Waals surface area contributed by atoms with Crippen molar-refractivity contribution in [2.45, 2.75) is 38.8 Å². The molecule has 0 saturated carbocycles. The number of piperidine rings is 1. The van der Waals surface area contributed by atoms with E-state index in [1.807, 2.05) is 4.90 Å². The van der Waals surface area contributed by atoms with Crippen LogP contribution in [-0.2, 0) is 11.3 Å². The molecule has 0 aromatic heterocycles. The van der Waals surface area contributed by atoms with E-state index in [1.54, 1.807) is 26.1 Å². The van der Waals surface area contributed by atoms with Gasteiger partial charge in [-0.15, -0.1) is 0 Å². The molecule has 0 radical (unpaired) electrons. The van der Waals surface area contributed by atoms with E-state index in [9.17, 15) is 9.18 Å². The van der Waals surface area contributed by atoms with Crippen molar-refractivity contribution in [2.75, 3.05) is 20.1 Å². The summed E-state index contributed by atoms with van der Waals surface area (Å²) < 4.78 is 19.6. The normalized spacial score (nSPS) is 16.6. The van der Waals surface area contributed by atoms with Crippen LogP contribution in [0.25, 0.3) is 0 Å². The Hall–Kier alpha value is -1.62. The van der Waals surface area contributed by atoms with Crippen molar-refractivity contribution in [1.82, 2.24) is 10.2 Å². The molecular formula is C16H23FN2O2. The van der Waals surface area contributed by atoms with Gasteiger partial charge in [0, 0.05) is 25.2 Å². The lowest BCUT2D eigenvalue weighted by Gasteiger charge is -2.29. The summed E-state index contributed by atoms with van der Waals surface area (Å²) in [6, 6.07) is 4.80. The third-order valence-electron chi connectivity index (χ3n) is 3.73. The molecule has 0 spiro atoms. The van der Waals surface area contributed by atoms with Crippen LogP contribution >= 0.6 is 0 Å². The standard InChI is InChI=1S/C16H23FN2O2/c1-12(16(20)19-9-4-3-5-10-19)21-15-13(11-18-2)7-6-8-14(15)17/h6-8,12,18H,3-5,9-11H2,1-2H3. The number of carbonyl (C=O) groups is 1. The highest BCUT2D eigenvalue weighted by molar-refractivity contribution is 5.81. The monoisotopic (exact) mass is 294 g/mol. The molecule has 1 heterocycles. The second-order valence-electron chi connectivity index (χ2n) is 5.40. The van der Waals surface area contributed by atoms with Gasteiger partial charge in [0.2, 0.25) is 0 Å². The van der Waals surface area contributed by atoms with Crippen LogP contribution in [0, 0.1) is 5.82 Å². The highest BCUT2D eigenvalue weighted by Gasteiger charge is 2.25. The molecule has 1 saturated heterocycles. The number of benzene rings is 1. The summed E-state index contributed by atoms with van der Waals surface area (Å²) in [5.41, 5.74) is 0.718. The van der Waals surface area contributed by atoms with E-state index in [0.717, 1.165) is 31.5 Å². The van der Waals surface area contributed by atoms with E-state index in [-0.39, 0.29) is 11.7 Å². The number of nitrogens with zero attached hydrogens (tertiary/aromatic N) is 1. The van der Waals surface area contributed by atoms with Crippen LogP contribution in [0.3, 0.4) is 0 Å². The molecule has 116 valence electrons. The Kier molecular flexibility index (Phi) is 5.56. The molecule has 1 aromatic rings. The molecule has 21 heavy (non-hydrogen) atoms. The van der Waals surface area contributed by atoms with Gasteiger partial charge < -0.3 is 15.0 Å². The molecule has 2 rings (SSSR count). The second kappa shape index (κ2) is 7.41. The van der Waals surface area contributed by atoms with Gasteiger partial charge >= 0.3 is 0 Å². The van der Waals surface area contributed by atoms with Gasteiger partial charge in [0.15, 0.2) is 17.7 Å². The van der Waals surface area contributed by atoms with Gasteiger partial charge in [-0.05, 0) is 39.3 Å². The van der Waals surface area contributed by atoms with E-state index >= 15 is 0 Å². The predicted molar refractivity (Wildman–Crippen MR) is 79.7 cm³/mol. The first-order valence-corrected chi connectivity index (χ1v) is 7.51. The third kappa shape index (κ3) is 3.94. The zero-order chi connectivity index (χ0) is 15.2. The number of hydrogen-bond donors (Lipinski definition) is 1. The lowest BCUT2D eigenvalue weighted by molar-refractivity contribution is -0.138. The minimum atomic E-state index is -0.671. The lowest BCUT2D eigenvalue weighted by atomic mass is 10.1. The van der Waals surface area contributed by atoms with Gasteiger partial charge in [-0.2, -0.15) is 0 Å². The van der Waals surface area contributed by atoms with E-state index in [0.29, 0.717) is 6.54 Å². The third-order valence-corrected chi connectivity index (χ3v) is 3.73. The Morgan fingerprint density at radius 1 is 1.38 bits per heavy atom. The van der Waals surface area contributed by atoms with Gasteiger partial charge in [0.25, 0.3) is 5.91 Å². The quantitative estimate of drug-likeness (QED) is 0.906. The molecule has 1 atom stereocenters. The molecule has 4 nitrogen and oxygen atoms in total. The van der Waals surface area contributed by atoms with E-state index < -0.39 is 11.9 Å². The molecule has 1 aliphatic heterocycles. The van der Waals surface area contributed by atoms with Crippen molar-refractivity contribution in [1.29, 1.82) is 0 Å². The molecule has 1 aromatic carbocycles. The number of ether oxygens (including phenoxy) is 1. The molecule has 1 amide bonds. The maximum Gasteiger partial charge on any atom is 0.263 e. The van der Waals surface area contributed by atoms with Crippen molar-refractivity contribution < 1.29 is 13.9 Å². The minimum Gasteiger partial charge on any atom is -0.477 e. The fourth-order valence-electron chi connectivity index (χ4n) is 2.61. The average molecular weight is 294 g/mol. The summed E-state index contributed by atoms with van der Waals surface area (Å²) >= 11 is 0. The van der Waals surface area contributed by atoms with Crippen LogP contribution in [0.4, 0.5) is 4.39 Å². The van der Waals surface area contributed by atoms with Gasteiger partial charge in [0.1, 0.15) is 0 Å². The minimum absolute atomic E-state index is 0.0617. The fraction of sp³-hybridized carbons (Fsp3) is 0.562. The van der Waals surface area contributed by atoms with Gasteiger partial charge in [0.05, 0.1) is 0 Å². The summed E-state index contributed by atoms with van der Waals surface area (Å²) in [6.07, 6.45) is 2.56. The Balaban J connectivity index is 2.07. The molecule has 5 heteroatoms. The van der Waals surface area contributed by atoms with Gasteiger partial charge in [-0.1, -0.05) is 12.1 Å². The molecule has 0 bridgehead atoms. The predicted octanol–water partition coefficient (Wildman–Crippen LogP) is 2.32. The summed E-state index contributed by atoms with van der Waals surface area (Å²) in [5.74, 6) is -0.320. The SMILES string of the molecule is CNCc1cccc(F)c1OC(C)C(=O)N1CCCCC1. The smallest absolute Gasteiger partial charge is 0.263 e. The molecule has 1 aliphatic rings. The first kappa shape index (κ1) is 15.8. The van der Waals surface area contributed by atoms with E-state index in [2.05, 4.69) is 5.32 Å². The highest BCUT2D eigenvalue weighted by atomic mass is 19.1. The number of hydrogen-bond acceptors (Lipinski definition) is 3. The summed E-state index contributed by atoms with van der Waals surface area (Å²) in [4.78, 5) is 14.2. The summed E-state index contributed by atoms with van der Waals surface area (Å²) in [6.45, 7) is 3.73. The van der Waals surface area contributed by atoms with Gasteiger partial charge in [-0.3, -0.25) is 4.79 Å². The van der Waals surface area contributed by atoms with Crippen LogP contribution in [0.15, 0.2) is 18.2 Å². The maximum absolute atomic E-state index is 14.0. The largest absolute Gasteiger partial charge is 0.477 e. The first-order valence-electron chi connectivity index (χ1n) is 7.51. The lowest BCUT2D eigenvalue weighted by Crippen LogP contribution is -2.43. The molecule has 0 aliphatic carbocycles. The highest BCUT2D eigenvalue weighted by Crippen LogP contribution is 2.24. The van der Waals surface area contributed by atoms with Crippen molar-refractivity contribution >= 4 is 5.91 Å². The molecular weight excluding hydrogens is 271 g/mol. The van der Waals surface area contributed by atoms with Crippen molar-refractivity contribution in [3.05, 3.63) is 29.6 Å². The first-order chi connectivity index (χ1) is 10.1. The Morgan fingerprint density at radius 3 is 2.76 bits per heavy atom. The second-order valence-corrected chi connectivity index (χ2v) is 5.40. The van der Waals surface area contributed by atoms with Crippen LogP contribution in [0.2, 0.25) is 0 Å². The van der Waals surface area contributed by atoms with Crippen LogP contribution in [-0.4, -0.2) is 37.0 Å². The van der Waals surface area contributed by atoms with Crippen molar-refractivity contribution in [2.24, 2.45) is 0 Å². The number of rotatable bonds is 5. The zero-order valence-corrected chi connectivity index (χ0v) is 12.7. The Bertz CT molecular complexity index is 487. The Labute approximate surface area is 125 Å². The van der Waals surface area contributed by atoms with E-state index in [1.165, 1.54) is 12.5 Å². The topological polar surface area (TPSA) is 41.6 Å². The van der Waals surface area contributed by atoms with Crippen molar-refractivity contribution in [3.63, 3.8) is 0 Å². The van der Waals surface area contributed by atoms with Crippen LogP contribution in [0.5, 0.6) is 5.75 Å². The molecule has 1 N–H and O–H groups in total. The summed E-state index contributed by atoms with van der Waals surface area (Å²) in [7, 11) is 1.79. The average Bonchev–Trinajstić information content (AvgIpc) is 2.51. The van der Waals surface area contributed by atoms with Gasteiger partial charge in [-0.25, -0.2) is 4.39 Å². The number of para-hydroxylation sites is 1. The van der Waals surface area contributed by atoms with Crippen LogP contribution < -0.4 is 10.1 Å². The van der Waals surface area contributed by atoms with E-state index in [4.69, 9.17) is 4.74 Å². The number of carbonyl (C=O) groups excluding carboxylic acids is 1. The number of nitrogens with one attached hydrogen (secondary N) is 1. The summed E-state index contributed by atoms with van der Waals surface area (Å²) in [5, 5.41) is 2.98. The molecule has 1 unspecified atom stereocenters. The maximum atomic E-state index is 14.0. The number of amides is 1.